The number of amides is 1. The fourth-order valence-corrected chi connectivity index (χ4v) is 4.82. The number of hydrogen-bond acceptors (Lipinski definition) is 4. The summed E-state index contributed by atoms with van der Waals surface area (Å²) in [5.74, 6) is -1.71. The number of anilines is 1. The number of halogens is 2. The summed E-state index contributed by atoms with van der Waals surface area (Å²) in [5.41, 5.74) is 3.69. The number of carboxylic acid groups (broad SMARTS) is 1. The molecule has 1 amide bonds. The van der Waals surface area contributed by atoms with E-state index in [1.165, 1.54) is 18.2 Å². The Bertz CT molecular complexity index is 1600. The fraction of sp³-hybridized carbons (Fsp3) is 0.188. The molecule has 4 aromatic rings. The second kappa shape index (κ2) is 11.2. The molecular weight excluding hydrogens is 514 g/mol. The molecule has 1 heterocycles. The third-order valence-corrected chi connectivity index (χ3v) is 7.08. The van der Waals surface area contributed by atoms with Gasteiger partial charge in [0.2, 0.25) is 0 Å². The second-order valence-electron chi connectivity index (χ2n) is 9.82. The zero-order chi connectivity index (χ0) is 28.4. The predicted molar refractivity (Wildman–Crippen MR) is 149 cm³/mol. The summed E-state index contributed by atoms with van der Waals surface area (Å²) in [7, 11) is 0. The van der Waals surface area contributed by atoms with Crippen LogP contribution in [0.25, 0.3) is 11.1 Å². The molecule has 0 saturated carbocycles. The molecule has 0 spiro atoms. The molecule has 8 heteroatoms. The lowest BCUT2D eigenvalue weighted by molar-refractivity contribution is 0.0697. The lowest BCUT2D eigenvalue weighted by Crippen LogP contribution is -2.32. The molecule has 204 valence electrons. The fourth-order valence-electron chi connectivity index (χ4n) is 4.82. The van der Waals surface area contributed by atoms with E-state index < -0.39 is 17.8 Å². The number of carbonyl (C=O) groups is 2. The number of hydrogen-bond donors (Lipinski definition) is 2. The third-order valence-electron chi connectivity index (χ3n) is 7.08. The Morgan fingerprint density at radius 3 is 2.52 bits per heavy atom. The number of nitrogens with one attached hydrogen (secondary N) is 1. The monoisotopic (exact) mass is 542 g/mol. The second-order valence-corrected chi connectivity index (χ2v) is 9.82. The first kappa shape index (κ1) is 26.9. The van der Waals surface area contributed by atoms with Crippen LogP contribution >= 0.6 is 0 Å². The van der Waals surface area contributed by atoms with Crippen molar-refractivity contribution in [2.45, 2.75) is 26.4 Å². The average Bonchev–Trinajstić information content (AvgIpc) is 2.94. The van der Waals surface area contributed by atoms with E-state index in [9.17, 15) is 19.1 Å². The topological polar surface area (TPSA) is 78.9 Å². The highest BCUT2D eigenvalue weighted by molar-refractivity contribution is 5.96. The molecule has 0 unspecified atom stereocenters. The maximum absolute atomic E-state index is 15.1. The highest BCUT2D eigenvalue weighted by Gasteiger charge is 2.22. The quantitative estimate of drug-likeness (QED) is 0.278. The Labute approximate surface area is 230 Å². The van der Waals surface area contributed by atoms with Gasteiger partial charge in [-0.2, -0.15) is 0 Å². The van der Waals surface area contributed by atoms with Crippen LogP contribution in [0.2, 0.25) is 0 Å². The number of ether oxygens (including phenoxy) is 1. The van der Waals surface area contributed by atoms with Gasteiger partial charge < -0.3 is 20.1 Å². The zero-order valence-electron chi connectivity index (χ0n) is 22.1. The summed E-state index contributed by atoms with van der Waals surface area (Å²) in [6.45, 7) is 4.84. The first-order valence-electron chi connectivity index (χ1n) is 12.9. The van der Waals surface area contributed by atoms with Crippen LogP contribution in [0.1, 0.15) is 50.4 Å². The van der Waals surface area contributed by atoms with Gasteiger partial charge in [0.15, 0.2) is 0 Å². The molecular formula is C32H28F2N2O4. The Morgan fingerprint density at radius 1 is 0.975 bits per heavy atom. The molecule has 1 aliphatic rings. The van der Waals surface area contributed by atoms with E-state index in [0.29, 0.717) is 53.3 Å². The minimum atomic E-state index is -1.12. The van der Waals surface area contributed by atoms with Crippen molar-refractivity contribution in [3.8, 4) is 16.9 Å². The van der Waals surface area contributed by atoms with E-state index in [2.05, 4.69) is 5.32 Å². The summed E-state index contributed by atoms with van der Waals surface area (Å²) >= 11 is 0. The van der Waals surface area contributed by atoms with Crippen molar-refractivity contribution in [1.29, 1.82) is 0 Å². The molecule has 4 aromatic carbocycles. The van der Waals surface area contributed by atoms with E-state index in [1.54, 1.807) is 74.5 Å². The molecule has 1 aliphatic heterocycles. The Morgan fingerprint density at radius 2 is 1.77 bits per heavy atom. The molecule has 5 rings (SSSR count). The van der Waals surface area contributed by atoms with E-state index in [1.807, 2.05) is 4.90 Å². The van der Waals surface area contributed by atoms with E-state index >= 15 is 4.39 Å². The molecule has 0 bridgehead atoms. The SMILES string of the molecule is Cc1ccc([C@H](C)NC(=O)c2ccc3c(c2)OCCN3Cc2ccc(-c3ccccc3C(=O)O)c(F)c2)cc1F. The molecule has 0 saturated heterocycles. The van der Waals surface area contributed by atoms with Gasteiger partial charge in [0, 0.05) is 17.7 Å². The zero-order valence-corrected chi connectivity index (χ0v) is 22.1. The van der Waals surface area contributed by atoms with Crippen LogP contribution in [0.15, 0.2) is 78.9 Å². The average molecular weight is 543 g/mol. The number of aromatic carboxylic acids is 1. The number of benzene rings is 4. The highest BCUT2D eigenvalue weighted by atomic mass is 19.1. The standard InChI is InChI=1S/C32H28F2N2O4/c1-19-7-9-22(16-27(19)33)20(2)35-31(37)23-10-12-29-30(17-23)40-14-13-36(29)18-21-8-11-25(28(34)15-21)24-5-3-4-6-26(24)32(38)39/h3-12,15-17,20H,13-14,18H2,1-2H3,(H,35,37)(H,38,39)/t20-/m0/s1. The first-order valence-corrected chi connectivity index (χ1v) is 12.9. The minimum Gasteiger partial charge on any atom is -0.490 e. The molecule has 0 aromatic heterocycles. The van der Waals surface area contributed by atoms with E-state index in [4.69, 9.17) is 4.74 Å². The van der Waals surface area contributed by atoms with Crippen LogP contribution in [-0.4, -0.2) is 30.1 Å². The number of carboxylic acids is 1. The van der Waals surface area contributed by atoms with E-state index in [0.717, 1.165) is 5.69 Å². The van der Waals surface area contributed by atoms with Crippen molar-refractivity contribution in [3.63, 3.8) is 0 Å². The maximum Gasteiger partial charge on any atom is 0.336 e. The lowest BCUT2D eigenvalue weighted by Gasteiger charge is -2.31. The summed E-state index contributed by atoms with van der Waals surface area (Å²) in [4.78, 5) is 26.6. The first-order chi connectivity index (χ1) is 19.2. The normalized spacial score (nSPS) is 13.2. The van der Waals surface area contributed by atoms with Gasteiger partial charge in [-0.05, 0) is 72.5 Å². The van der Waals surface area contributed by atoms with Crippen molar-refractivity contribution in [2.75, 3.05) is 18.1 Å². The molecule has 0 radical (unpaired) electrons. The van der Waals surface area contributed by atoms with Crippen LogP contribution in [0.4, 0.5) is 14.5 Å². The smallest absolute Gasteiger partial charge is 0.336 e. The third kappa shape index (κ3) is 5.52. The van der Waals surface area contributed by atoms with Crippen molar-refractivity contribution in [2.24, 2.45) is 0 Å². The summed E-state index contributed by atoms with van der Waals surface area (Å²) in [6, 6.07) is 20.8. The van der Waals surface area contributed by atoms with E-state index in [-0.39, 0.29) is 22.9 Å². The van der Waals surface area contributed by atoms with Gasteiger partial charge in [-0.25, -0.2) is 13.6 Å². The van der Waals surface area contributed by atoms with Gasteiger partial charge in [0.1, 0.15) is 24.0 Å². The van der Waals surface area contributed by atoms with Crippen molar-refractivity contribution in [1.82, 2.24) is 5.32 Å². The van der Waals surface area contributed by atoms with Gasteiger partial charge in [-0.1, -0.05) is 42.5 Å². The number of nitrogens with zero attached hydrogens (tertiary/aromatic N) is 1. The van der Waals surface area contributed by atoms with Crippen LogP contribution in [0.3, 0.4) is 0 Å². The van der Waals surface area contributed by atoms with Gasteiger partial charge >= 0.3 is 5.97 Å². The molecule has 6 nitrogen and oxygen atoms in total. The lowest BCUT2D eigenvalue weighted by atomic mass is 9.98. The van der Waals surface area contributed by atoms with Crippen LogP contribution in [0.5, 0.6) is 5.75 Å². The maximum atomic E-state index is 15.1. The predicted octanol–water partition coefficient (Wildman–Crippen LogP) is 6.53. The molecule has 40 heavy (non-hydrogen) atoms. The number of rotatable bonds is 7. The van der Waals surface area contributed by atoms with Crippen molar-refractivity contribution < 1.29 is 28.2 Å². The van der Waals surface area contributed by atoms with Gasteiger partial charge in [-0.3, -0.25) is 4.79 Å². The Balaban J connectivity index is 1.31. The molecule has 0 fully saturated rings. The summed E-state index contributed by atoms with van der Waals surface area (Å²) < 4.78 is 34.9. The van der Waals surface area contributed by atoms with Crippen LogP contribution in [0, 0.1) is 18.6 Å². The van der Waals surface area contributed by atoms with Crippen molar-refractivity contribution in [3.05, 3.63) is 118 Å². The van der Waals surface area contributed by atoms with Gasteiger partial charge in [0.25, 0.3) is 5.91 Å². The highest BCUT2D eigenvalue weighted by Crippen LogP contribution is 2.34. The van der Waals surface area contributed by atoms with Crippen LogP contribution < -0.4 is 15.0 Å². The number of carbonyl (C=O) groups excluding carboxylic acids is 1. The Kier molecular flexibility index (Phi) is 7.51. The van der Waals surface area contributed by atoms with Gasteiger partial charge in [0.05, 0.1) is 23.8 Å². The minimum absolute atomic E-state index is 0.0384. The summed E-state index contributed by atoms with van der Waals surface area (Å²) in [5, 5.41) is 12.4. The molecule has 1 atom stereocenters. The van der Waals surface area contributed by atoms with Crippen LogP contribution in [-0.2, 0) is 6.54 Å². The molecule has 0 aliphatic carbocycles. The Hall–Kier alpha value is -4.72. The van der Waals surface area contributed by atoms with Crippen molar-refractivity contribution >= 4 is 17.6 Å². The number of fused-ring (bicyclic) bond motifs is 1. The number of aryl methyl sites for hydroxylation is 1. The molecule has 2 N–H and O–H groups in total. The largest absolute Gasteiger partial charge is 0.490 e. The summed E-state index contributed by atoms with van der Waals surface area (Å²) in [6.07, 6.45) is 0. The van der Waals surface area contributed by atoms with Gasteiger partial charge in [-0.15, -0.1) is 0 Å².